The minimum atomic E-state index is -0.0744. The van der Waals surface area contributed by atoms with Crippen LogP contribution in [0.25, 0.3) is 0 Å². The summed E-state index contributed by atoms with van der Waals surface area (Å²) in [6, 6.07) is 0. The predicted molar refractivity (Wildman–Crippen MR) is 56.0 cm³/mol. The van der Waals surface area contributed by atoms with Crippen molar-refractivity contribution in [3.8, 4) is 0 Å². The first-order valence-electron chi connectivity index (χ1n) is 5.14. The SMILES string of the molecule is C=C(CC)CN1CCC(C(=O)OC)C1. The second-order valence-electron chi connectivity index (χ2n) is 3.85. The first kappa shape index (κ1) is 11.2. The van der Waals surface area contributed by atoms with Crippen LogP contribution in [0.2, 0.25) is 0 Å². The lowest BCUT2D eigenvalue weighted by atomic mass is 10.1. The predicted octanol–water partition coefficient (Wildman–Crippen LogP) is 1.45. The van der Waals surface area contributed by atoms with E-state index in [4.69, 9.17) is 4.74 Å². The van der Waals surface area contributed by atoms with Gasteiger partial charge in [-0.05, 0) is 19.4 Å². The van der Waals surface area contributed by atoms with Gasteiger partial charge >= 0.3 is 5.97 Å². The molecule has 1 atom stereocenters. The molecule has 1 fully saturated rings. The number of carbonyl (C=O) groups excluding carboxylic acids is 1. The number of likely N-dealkylation sites (tertiary alicyclic amines) is 1. The number of ether oxygens (including phenoxy) is 1. The van der Waals surface area contributed by atoms with Crippen LogP contribution in [0, 0.1) is 5.92 Å². The molecule has 0 aromatic rings. The van der Waals surface area contributed by atoms with E-state index in [9.17, 15) is 4.79 Å². The topological polar surface area (TPSA) is 29.5 Å². The smallest absolute Gasteiger partial charge is 0.310 e. The molecule has 3 heteroatoms. The molecule has 1 unspecified atom stereocenters. The van der Waals surface area contributed by atoms with Crippen molar-refractivity contribution < 1.29 is 9.53 Å². The first-order valence-corrected chi connectivity index (χ1v) is 5.14. The van der Waals surface area contributed by atoms with Crippen LogP contribution in [0.3, 0.4) is 0 Å². The van der Waals surface area contributed by atoms with Gasteiger partial charge in [-0.1, -0.05) is 19.1 Å². The summed E-state index contributed by atoms with van der Waals surface area (Å²) in [5.74, 6) is -0.000679. The first-order chi connectivity index (χ1) is 6.67. The van der Waals surface area contributed by atoms with Crippen LogP contribution in [0.1, 0.15) is 19.8 Å². The molecule has 0 aromatic heterocycles. The van der Waals surface area contributed by atoms with Gasteiger partial charge in [-0.3, -0.25) is 9.69 Å². The Balaban J connectivity index is 2.34. The van der Waals surface area contributed by atoms with Gasteiger partial charge in [0.25, 0.3) is 0 Å². The highest BCUT2D eigenvalue weighted by molar-refractivity contribution is 5.72. The summed E-state index contributed by atoms with van der Waals surface area (Å²) in [6.07, 6.45) is 1.93. The summed E-state index contributed by atoms with van der Waals surface area (Å²) in [6.45, 7) is 8.81. The summed E-state index contributed by atoms with van der Waals surface area (Å²) in [5, 5.41) is 0. The van der Waals surface area contributed by atoms with Gasteiger partial charge in [0.1, 0.15) is 0 Å². The van der Waals surface area contributed by atoms with E-state index in [0.29, 0.717) is 0 Å². The van der Waals surface area contributed by atoms with Gasteiger partial charge in [0.15, 0.2) is 0 Å². The summed E-state index contributed by atoms with van der Waals surface area (Å²) >= 11 is 0. The quantitative estimate of drug-likeness (QED) is 0.504. The molecule has 80 valence electrons. The molecule has 0 amide bonds. The number of hydrogen-bond donors (Lipinski definition) is 0. The Hall–Kier alpha value is -0.830. The van der Waals surface area contributed by atoms with Crippen LogP contribution in [0.4, 0.5) is 0 Å². The molecule has 0 aromatic carbocycles. The average molecular weight is 197 g/mol. The molecule has 0 aliphatic carbocycles. The fraction of sp³-hybridized carbons (Fsp3) is 0.727. The lowest BCUT2D eigenvalue weighted by Gasteiger charge is -2.16. The third-order valence-electron chi connectivity index (χ3n) is 2.75. The third kappa shape index (κ3) is 2.84. The van der Waals surface area contributed by atoms with E-state index in [1.807, 2.05) is 0 Å². The molecular formula is C11H19NO2. The van der Waals surface area contributed by atoms with E-state index in [1.54, 1.807) is 0 Å². The molecule has 0 spiro atoms. The highest BCUT2D eigenvalue weighted by Crippen LogP contribution is 2.18. The van der Waals surface area contributed by atoms with E-state index >= 15 is 0 Å². The molecule has 1 saturated heterocycles. The van der Waals surface area contributed by atoms with Gasteiger partial charge in [0.2, 0.25) is 0 Å². The Morgan fingerprint density at radius 1 is 1.64 bits per heavy atom. The lowest BCUT2D eigenvalue weighted by Crippen LogP contribution is -2.25. The molecule has 3 nitrogen and oxygen atoms in total. The Labute approximate surface area is 85.7 Å². The zero-order valence-corrected chi connectivity index (χ0v) is 9.08. The third-order valence-corrected chi connectivity index (χ3v) is 2.75. The van der Waals surface area contributed by atoms with E-state index in [-0.39, 0.29) is 11.9 Å². The zero-order valence-electron chi connectivity index (χ0n) is 9.08. The maximum atomic E-state index is 11.2. The van der Waals surface area contributed by atoms with Gasteiger partial charge in [-0.2, -0.15) is 0 Å². The molecule has 1 rings (SSSR count). The molecule has 0 N–H and O–H groups in total. The van der Waals surface area contributed by atoms with Gasteiger partial charge in [-0.25, -0.2) is 0 Å². The number of nitrogens with zero attached hydrogens (tertiary/aromatic N) is 1. The largest absolute Gasteiger partial charge is 0.469 e. The molecule has 0 radical (unpaired) electrons. The number of esters is 1. The van der Waals surface area contributed by atoms with E-state index in [1.165, 1.54) is 12.7 Å². The monoisotopic (exact) mass is 197 g/mol. The van der Waals surface area contributed by atoms with Gasteiger partial charge in [0.05, 0.1) is 13.0 Å². The van der Waals surface area contributed by atoms with E-state index < -0.39 is 0 Å². The van der Waals surface area contributed by atoms with Crippen LogP contribution in [-0.2, 0) is 9.53 Å². The van der Waals surface area contributed by atoms with Gasteiger partial charge in [0, 0.05) is 13.1 Å². The van der Waals surface area contributed by atoms with Crippen molar-refractivity contribution in [3.05, 3.63) is 12.2 Å². The van der Waals surface area contributed by atoms with Crippen molar-refractivity contribution >= 4 is 5.97 Å². The zero-order chi connectivity index (χ0) is 10.6. The van der Waals surface area contributed by atoms with Crippen LogP contribution in [-0.4, -0.2) is 37.6 Å². The second-order valence-corrected chi connectivity index (χ2v) is 3.85. The minimum Gasteiger partial charge on any atom is -0.469 e. The molecule has 0 bridgehead atoms. The lowest BCUT2D eigenvalue weighted by molar-refractivity contribution is -0.144. The number of carbonyl (C=O) groups is 1. The maximum absolute atomic E-state index is 11.2. The Kier molecular flexibility index (Phi) is 4.14. The average Bonchev–Trinajstić information content (AvgIpc) is 2.65. The van der Waals surface area contributed by atoms with Crippen molar-refractivity contribution in [2.24, 2.45) is 5.92 Å². The summed E-state index contributed by atoms with van der Waals surface area (Å²) < 4.78 is 4.73. The normalized spacial score (nSPS) is 22.3. The summed E-state index contributed by atoms with van der Waals surface area (Å²) in [7, 11) is 1.45. The maximum Gasteiger partial charge on any atom is 0.310 e. The van der Waals surface area contributed by atoms with Crippen molar-refractivity contribution in [3.63, 3.8) is 0 Å². The molecule has 1 heterocycles. The van der Waals surface area contributed by atoms with Crippen LogP contribution in [0.15, 0.2) is 12.2 Å². The van der Waals surface area contributed by atoms with Crippen LogP contribution >= 0.6 is 0 Å². The molecule has 1 aliphatic rings. The van der Waals surface area contributed by atoms with Gasteiger partial charge < -0.3 is 4.74 Å². The number of rotatable bonds is 4. The number of hydrogen-bond acceptors (Lipinski definition) is 3. The molecule has 14 heavy (non-hydrogen) atoms. The fourth-order valence-electron chi connectivity index (χ4n) is 1.76. The van der Waals surface area contributed by atoms with Crippen molar-refractivity contribution in [1.29, 1.82) is 0 Å². The number of methoxy groups -OCH3 is 1. The summed E-state index contributed by atoms with van der Waals surface area (Å²) in [5.41, 5.74) is 1.23. The fourth-order valence-corrected chi connectivity index (χ4v) is 1.76. The van der Waals surface area contributed by atoms with Crippen molar-refractivity contribution in [2.75, 3.05) is 26.7 Å². The van der Waals surface area contributed by atoms with Crippen LogP contribution in [0.5, 0.6) is 0 Å². The van der Waals surface area contributed by atoms with Crippen molar-refractivity contribution in [2.45, 2.75) is 19.8 Å². The highest BCUT2D eigenvalue weighted by Gasteiger charge is 2.28. The standard InChI is InChI=1S/C11H19NO2/c1-4-9(2)7-12-6-5-10(8-12)11(13)14-3/h10H,2,4-8H2,1,3H3. The second kappa shape index (κ2) is 5.15. The minimum absolute atomic E-state index is 0.0738. The summed E-state index contributed by atoms with van der Waals surface area (Å²) in [4.78, 5) is 13.5. The van der Waals surface area contributed by atoms with Crippen molar-refractivity contribution in [1.82, 2.24) is 4.90 Å². The molecule has 1 aliphatic heterocycles. The molecule has 0 saturated carbocycles. The highest BCUT2D eigenvalue weighted by atomic mass is 16.5. The van der Waals surface area contributed by atoms with E-state index in [2.05, 4.69) is 18.4 Å². The molecular weight excluding hydrogens is 178 g/mol. The van der Waals surface area contributed by atoms with Gasteiger partial charge in [-0.15, -0.1) is 0 Å². The Morgan fingerprint density at radius 2 is 2.36 bits per heavy atom. The van der Waals surface area contributed by atoms with E-state index in [0.717, 1.165) is 32.5 Å². The Morgan fingerprint density at radius 3 is 2.93 bits per heavy atom. The Bertz CT molecular complexity index is 225. The van der Waals surface area contributed by atoms with Crippen LogP contribution < -0.4 is 0 Å².